The van der Waals surface area contributed by atoms with Crippen LogP contribution in [0.5, 0.6) is 0 Å². The van der Waals surface area contributed by atoms with Crippen LogP contribution in [0.2, 0.25) is 0 Å². The first-order valence-corrected chi connectivity index (χ1v) is 9.30. The van der Waals surface area contributed by atoms with Crippen molar-refractivity contribution < 1.29 is 5.11 Å². The fraction of sp³-hybridized carbons (Fsp3) is 0.733. The van der Waals surface area contributed by atoms with Gasteiger partial charge in [-0.05, 0) is 66.3 Å². The maximum Gasteiger partial charge on any atom is 0.0771 e. The van der Waals surface area contributed by atoms with E-state index in [9.17, 15) is 5.11 Å². The van der Waals surface area contributed by atoms with E-state index in [1.807, 2.05) is 11.3 Å². The zero-order valence-corrected chi connectivity index (χ0v) is 14.2. The van der Waals surface area contributed by atoms with Crippen LogP contribution in [0.4, 0.5) is 0 Å². The molecule has 3 rings (SSSR count). The Morgan fingerprint density at radius 1 is 1.32 bits per heavy atom. The highest BCUT2D eigenvalue weighted by Gasteiger charge is 2.31. The van der Waals surface area contributed by atoms with E-state index < -0.39 is 5.60 Å². The minimum atomic E-state index is -0.445. The molecule has 2 N–H and O–H groups in total. The fourth-order valence-electron chi connectivity index (χ4n) is 3.43. The van der Waals surface area contributed by atoms with Gasteiger partial charge in [-0.2, -0.15) is 0 Å². The Balaban J connectivity index is 1.64. The minimum absolute atomic E-state index is 0.445. The van der Waals surface area contributed by atoms with Crippen molar-refractivity contribution in [3.05, 3.63) is 19.4 Å². The van der Waals surface area contributed by atoms with E-state index >= 15 is 0 Å². The number of hydrogen-bond acceptors (Lipinski definition) is 3. The molecular weight excluding hydrogens is 369 g/mol. The van der Waals surface area contributed by atoms with Gasteiger partial charge in [0.05, 0.1) is 8.48 Å². The minimum Gasteiger partial charge on any atom is -0.389 e. The predicted molar refractivity (Wildman–Crippen MR) is 88.8 cm³/mol. The molecule has 1 aromatic heterocycles. The molecule has 0 aromatic carbocycles. The summed E-state index contributed by atoms with van der Waals surface area (Å²) in [4.78, 5) is 1.56. The molecule has 4 heteroatoms. The summed E-state index contributed by atoms with van der Waals surface area (Å²) in [5.41, 5.74) is 1.05. The van der Waals surface area contributed by atoms with Crippen LogP contribution in [-0.4, -0.2) is 17.3 Å². The van der Waals surface area contributed by atoms with Gasteiger partial charge in [0.15, 0.2) is 0 Å². The number of hydrogen-bond donors (Lipinski definition) is 2. The summed E-state index contributed by atoms with van der Waals surface area (Å²) in [7, 11) is 0. The van der Waals surface area contributed by atoms with Crippen LogP contribution < -0.4 is 5.32 Å². The lowest BCUT2D eigenvalue weighted by molar-refractivity contribution is 0.00217. The van der Waals surface area contributed by atoms with Crippen LogP contribution in [0.15, 0.2) is 6.07 Å². The van der Waals surface area contributed by atoms with E-state index in [2.05, 4.69) is 34.0 Å². The zero-order chi connectivity index (χ0) is 13.3. The van der Waals surface area contributed by atoms with Crippen molar-refractivity contribution in [2.45, 2.75) is 63.0 Å². The molecule has 2 aliphatic carbocycles. The van der Waals surface area contributed by atoms with Gasteiger partial charge in [0.1, 0.15) is 0 Å². The first-order chi connectivity index (χ1) is 9.16. The molecular formula is C15H22INOS. The monoisotopic (exact) mass is 391 g/mol. The third-order valence-corrected chi connectivity index (χ3v) is 6.52. The molecule has 0 bridgehead atoms. The molecule has 1 aromatic rings. The van der Waals surface area contributed by atoms with E-state index in [1.165, 1.54) is 47.0 Å². The molecule has 0 aliphatic heterocycles. The molecule has 0 amide bonds. The summed E-state index contributed by atoms with van der Waals surface area (Å²) in [5.74, 6) is 0. The maximum atomic E-state index is 10.6. The Labute approximate surface area is 133 Å². The second-order valence-corrected chi connectivity index (χ2v) is 9.07. The lowest BCUT2D eigenvalue weighted by Crippen LogP contribution is -2.43. The summed E-state index contributed by atoms with van der Waals surface area (Å²) in [6.45, 7) is 0.767. The van der Waals surface area contributed by atoms with Crippen LogP contribution in [0.3, 0.4) is 0 Å². The van der Waals surface area contributed by atoms with E-state index in [-0.39, 0.29) is 0 Å². The summed E-state index contributed by atoms with van der Waals surface area (Å²) < 4.78 is 1.40. The van der Waals surface area contributed by atoms with Gasteiger partial charge in [-0.25, -0.2) is 0 Å². The number of halogens is 1. The molecule has 0 saturated heterocycles. The normalized spacial score (nSPS) is 26.1. The van der Waals surface area contributed by atoms with Crippen molar-refractivity contribution >= 4 is 33.9 Å². The summed E-state index contributed by atoms with van der Waals surface area (Å²) >= 11 is 4.37. The van der Waals surface area contributed by atoms with Gasteiger partial charge >= 0.3 is 0 Å². The van der Waals surface area contributed by atoms with E-state index in [4.69, 9.17) is 0 Å². The van der Waals surface area contributed by atoms with E-state index in [0.29, 0.717) is 6.04 Å². The molecule has 1 fully saturated rings. The molecule has 1 atom stereocenters. The maximum absolute atomic E-state index is 10.6. The van der Waals surface area contributed by atoms with Gasteiger partial charge in [-0.15, -0.1) is 11.3 Å². The Bertz CT molecular complexity index is 439. The molecule has 2 aliphatic rings. The molecule has 0 spiro atoms. The predicted octanol–water partition coefficient (Wildman–Crippen LogP) is 4.01. The standard InChI is InChI=1S/C15H22INOS/c16-14-9-11-12(5-4-6-13(11)19-14)17-10-15(18)7-2-1-3-8-15/h9,12,17-18H,1-8,10H2. The number of aryl methyl sites for hydroxylation is 1. The summed E-state index contributed by atoms with van der Waals surface area (Å²) in [5, 5.41) is 14.2. The molecule has 1 unspecified atom stereocenters. The molecule has 1 heterocycles. The second-order valence-electron chi connectivity index (χ2n) is 6.04. The number of rotatable bonds is 3. The van der Waals surface area contributed by atoms with Crippen molar-refractivity contribution in [1.82, 2.24) is 5.32 Å². The fourth-order valence-corrected chi connectivity index (χ4v) is 5.55. The quantitative estimate of drug-likeness (QED) is 0.763. The van der Waals surface area contributed by atoms with Crippen molar-refractivity contribution in [1.29, 1.82) is 0 Å². The molecule has 0 radical (unpaired) electrons. The molecule has 106 valence electrons. The lowest BCUT2D eigenvalue weighted by Gasteiger charge is -2.34. The molecule has 1 saturated carbocycles. The van der Waals surface area contributed by atoms with Crippen LogP contribution in [0.25, 0.3) is 0 Å². The van der Waals surface area contributed by atoms with Gasteiger partial charge in [-0.1, -0.05) is 19.3 Å². The first-order valence-electron chi connectivity index (χ1n) is 7.40. The number of thiophene rings is 1. The molecule has 2 nitrogen and oxygen atoms in total. The highest BCUT2D eigenvalue weighted by molar-refractivity contribution is 14.1. The van der Waals surface area contributed by atoms with Crippen LogP contribution in [-0.2, 0) is 6.42 Å². The van der Waals surface area contributed by atoms with Crippen LogP contribution in [0, 0.1) is 2.88 Å². The Kier molecular flexibility index (Phi) is 4.51. The Morgan fingerprint density at radius 2 is 2.11 bits per heavy atom. The lowest BCUT2D eigenvalue weighted by atomic mass is 9.84. The highest BCUT2D eigenvalue weighted by Crippen LogP contribution is 2.37. The van der Waals surface area contributed by atoms with Crippen molar-refractivity contribution in [3.63, 3.8) is 0 Å². The van der Waals surface area contributed by atoms with Gasteiger partial charge in [0.25, 0.3) is 0 Å². The average Bonchev–Trinajstić information content (AvgIpc) is 2.78. The number of nitrogens with one attached hydrogen (secondary N) is 1. The van der Waals surface area contributed by atoms with Crippen molar-refractivity contribution in [2.24, 2.45) is 0 Å². The third-order valence-electron chi connectivity index (χ3n) is 4.55. The summed E-state index contributed by atoms with van der Waals surface area (Å²) in [6.07, 6.45) is 9.34. The van der Waals surface area contributed by atoms with Gasteiger partial charge in [0.2, 0.25) is 0 Å². The number of fused-ring (bicyclic) bond motifs is 1. The van der Waals surface area contributed by atoms with E-state index in [1.54, 1.807) is 4.88 Å². The zero-order valence-electron chi connectivity index (χ0n) is 11.3. The SMILES string of the molecule is OC1(CNC2CCCc3sc(I)cc32)CCCCC1. The van der Waals surface area contributed by atoms with E-state index in [0.717, 1.165) is 19.4 Å². The topological polar surface area (TPSA) is 32.3 Å². The molecule has 19 heavy (non-hydrogen) atoms. The van der Waals surface area contributed by atoms with Crippen molar-refractivity contribution in [3.8, 4) is 0 Å². The van der Waals surface area contributed by atoms with Gasteiger partial charge in [0, 0.05) is 17.5 Å². The Hall–Kier alpha value is 0.350. The second kappa shape index (κ2) is 6.00. The van der Waals surface area contributed by atoms with Gasteiger partial charge < -0.3 is 10.4 Å². The first kappa shape index (κ1) is 14.3. The highest BCUT2D eigenvalue weighted by atomic mass is 127. The van der Waals surface area contributed by atoms with Crippen LogP contribution in [0.1, 0.15) is 61.4 Å². The average molecular weight is 391 g/mol. The van der Waals surface area contributed by atoms with Crippen molar-refractivity contribution in [2.75, 3.05) is 6.54 Å². The third kappa shape index (κ3) is 3.34. The summed E-state index contributed by atoms with van der Waals surface area (Å²) in [6, 6.07) is 2.80. The number of aliphatic hydroxyl groups is 1. The van der Waals surface area contributed by atoms with Gasteiger partial charge in [-0.3, -0.25) is 0 Å². The van der Waals surface area contributed by atoms with Crippen LogP contribution >= 0.6 is 33.9 Å². The smallest absolute Gasteiger partial charge is 0.0771 e. The Morgan fingerprint density at radius 3 is 2.89 bits per heavy atom. The largest absolute Gasteiger partial charge is 0.389 e.